The third kappa shape index (κ3) is 6.28. The normalized spacial score (nSPS) is 17.0. The lowest BCUT2D eigenvalue weighted by atomic mass is 9.92. The molecule has 2 atom stereocenters. The minimum Gasteiger partial charge on any atom is -0.348 e. The minimum absolute atomic E-state index is 0.00992. The van der Waals surface area contributed by atoms with Gasteiger partial charge in [0.2, 0.25) is 5.91 Å². The van der Waals surface area contributed by atoms with Crippen LogP contribution in [0.3, 0.4) is 0 Å². The van der Waals surface area contributed by atoms with E-state index in [0.717, 1.165) is 16.6 Å². The summed E-state index contributed by atoms with van der Waals surface area (Å²) in [4.78, 5) is 54.8. The standard InChI is InChI=1S/C32H33ClN4O4/c1-21-15-22(2)18-35(17-21)29(38)20-36-28-10-6-4-8-26(28)31(40)37(32(36)41)19-23-11-13-24(14-12-23)30(39)34-16-25-7-3-5-9-27(25)33/h3-14,21-22H,15-20H2,1-2H3,(H,34,39)/t21-,22+. The molecule has 1 aromatic heterocycles. The second-order valence-electron chi connectivity index (χ2n) is 11.0. The molecule has 0 aliphatic carbocycles. The van der Waals surface area contributed by atoms with Gasteiger partial charge in [0.1, 0.15) is 6.54 Å². The van der Waals surface area contributed by atoms with Crippen molar-refractivity contribution < 1.29 is 9.59 Å². The van der Waals surface area contributed by atoms with Gasteiger partial charge in [-0.3, -0.25) is 23.5 Å². The van der Waals surface area contributed by atoms with E-state index < -0.39 is 11.2 Å². The van der Waals surface area contributed by atoms with Gasteiger partial charge in [0.25, 0.3) is 11.5 Å². The third-order valence-corrected chi connectivity index (χ3v) is 7.97. The van der Waals surface area contributed by atoms with Gasteiger partial charge in [-0.05, 0) is 59.7 Å². The van der Waals surface area contributed by atoms with Crippen LogP contribution in [0.25, 0.3) is 10.9 Å². The molecular weight excluding hydrogens is 540 g/mol. The van der Waals surface area contributed by atoms with Crippen LogP contribution in [0.15, 0.2) is 82.4 Å². The number of hydrogen-bond acceptors (Lipinski definition) is 4. The number of fused-ring (bicyclic) bond motifs is 1. The lowest BCUT2D eigenvalue weighted by Gasteiger charge is -2.35. The molecule has 2 amide bonds. The molecule has 4 aromatic rings. The average molecular weight is 573 g/mol. The molecule has 1 aliphatic heterocycles. The zero-order valence-corrected chi connectivity index (χ0v) is 23.9. The first-order valence-electron chi connectivity index (χ1n) is 13.8. The molecule has 1 saturated heterocycles. The van der Waals surface area contributed by atoms with Gasteiger partial charge < -0.3 is 10.2 Å². The van der Waals surface area contributed by atoms with Crippen molar-refractivity contribution in [2.24, 2.45) is 11.8 Å². The fourth-order valence-electron chi connectivity index (χ4n) is 5.63. The van der Waals surface area contributed by atoms with Gasteiger partial charge >= 0.3 is 5.69 Å². The van der Waals surface area contributed by atoms with E-state index in [9.17, 15) is 19.2 Å². The Balaban J connectivity index is 1.38. The van der Waals surface area contributed by atoms with Crippen LogP contribution in [0.4, 0.5) is 0 Å². The SMILES string of the molecule is C[C@@H]1C[C@H](C)CN(C(=O)Cn2c(=O)n(Cc3ccc(C(=O)NCc4ccccc4Cl)cc3)c(=O)c3ccccc32)C1. The van der Waals surface area contributed by atoms with Crippen LogP contribution >= 0.6 is 11.6 Å². The molecule has 0 saturated carbocycles. The molecule has 0 spiro atoms. The van der Waals surface area contributed by atoms with E-state index in [1.165, 1.54) is 4.57 Å². The van der Waals surface area contributed by atoms with Crippen molar-refractivity contribution in [3.8, 4) is 0 Å². The van der Waals surface area contributed by atoms with Crippen LogP contribution in [-0.2, 0) is 24.4 Å². The zero-order chi connectivity index (χ0) is 29.1. The minimum atomic E-state index is -0.540. The Hall–Kier alpha value is -4.17. The number of para-hydroxylation sites is 1. The third-order valence-electron chi connectivity index (χ3n) is 7.60. The van der Waals surface area contributed by atoms with Crippen LogP contribution in [0.5, 0.6) is 0 Å². The molecule has 0 radical (unpaired) electrons. The zero-order valence-electron chi connectivity index (χ0n) is 23.2. The highest BCUT2D eigenvalue weighted by Crippen LogP contribution is 2.21. The van der Waals surface area contributed by atoms with Gasteiger partial charge in [0.05, 0.1) is 17.4 Å². The Morgan fingerprint density at radius 1 is 0.878 bits per heavy atom. The molecule has 0 bridgehead atoms. The van der Waals surface area contributed by atoms with E-state index in [0.29, 0.717) is 58.5 Å². The van der Waals surface area contributed by atoms with Crippen molar-refractivity contribution in [1.29, 1.82) is 0 Å². The number of hydrogen-bond donors (Lipinski definition) is 1. The van der Waals surface area contributed by atoms with Crippen molar-refractivity contribution in [1.82, 2.24) is 19.4 Å². The first-order valence-corrected chi connectivity index (χ1v) is 14.2. The van der Waals surface area contributed by atoms with Crippen molar-refractivity contribution >= 4 is 34.3 Å². The molecular formula is C32H33ClN4O4. The maximum absolute atomic E-state index is 13.7. The molecule has 1 N–H and O–H groups in total. The molecule has 3 aromatic carbocycles. The Morgan fingerprint density at radius 2 is 1.54 bits per heavy atom. The predicted octanol–water partition coefficient (Wildman–Crippen LogP) is 4.30. The molecule has 1 fully saturated rings. The number of carbonyl (C=O) groups is 2. The van der Waals surface area contributed by atoms with Crippen LogP contribution in [-0.4, -0.2) is 38.9 Å². The summed E-state index contributed by atoms with van der Waals surface area (Å²) < 4.78 is 2.56. The number of halogens is 1. The fourth-order valence-corrected chi connectivity index (χ4v) is 5.83. The summed E-state index contributed by atoms with van der Waals surface area (Å²) >= 11 is 6.18. The van der Waals surface area contributed by atoms with Crippen LogP contribution in [0.2, 0.25) is 5.02 Å². The molecule has 5 rings (SSSR count). The summed E-state index contributed by atoms with van der Waals surface area (Å²) in [6, 6.07) is 20.9. The van der Waals surface area contributed by atoms with Gasteiger partial charge in [0.15, 0.2) is 0 Å². The number of nitrogens with zero attached hydrogens (tertiary/aromatic N) is 3. The van der Waals surface area contributed by atoms with E-state index in [-0.39, 0.29) is 24.9 Å². The quantitative estimate of drug-likeness (QED) is 0.357. The summed E-state index contributed by atoms with van der Waals surface area (Å²) in [7, 11) is 0. The number of benzene rings is 3. The van der Waals surface area contributed by atoms with E-state index in [2.05, 4.69) is 19.2 Å². The Morgan fingerprint density at radius 3 is 2.24 bits per heavy atom. The average Bonchev–Trinajstić information content (AvgIpc) is 2.96. The van der Waals surface area contributed by atoms with Crippen molar-refractivity contribution in [2.75, 3.05) is 13.1 Å². The molecule has 8 nitrogen and oxygen atoms in total. The van der Waals surface area contributed by atoms with Gasteiger partial charge in [-0.15, -0.1) is 0 Å². The highest BCUT2D eigenvalue weighted by molar-refractivity contribution is 6.31. The first-order chi connectivity index (χ1) is 19.7. The summed E-state index contributed by atoms with van der Waals surface area (Å²) in [5, 5.41) is 3.80. The second-order valence-corrected chi connectivity index (χ2v) is 11.4. The molecule has 212 valence electrons. The van der Waals surface area contributed by atoms with E-state index >= 15 is 0 Å². The lowest BCUT2D eigenvalue weighted by Crippen LogP contribution is -2.47. The maximum atomic E-state index is 13.7. The van der Waals surface area contributed by atoms with Crippen molar-refractivity contribution in [3.05, 3.63) is 115 Å². The summed E-state index contributed by atoms with van der Waals surface area (Å²) in [6.45, 7) is 5.75. The number of rotatable bonds is 7. The van der Waals surface area contributed by atoms with Crippen LogP contribution < -0.4 is 16.6 Å². The lowest BCUT2D eigenvalue weighted by molar-refractivity contribution is -0.134. The van der Waals surface area contributed by atoms with E-state index in [1.54, 1.807) is 54.6 Å². The van der Waals surface area contributed by atoms with E-state index in [1.807, 2.05) is 23.1 Å². The Kier molecular flexibility index (Phi) is 8.40. The Labute approximate surface area is 243 Å². The Bertz CT molecular complexity index is 1700. The number of amides is 2. The van der Waals surface area contributed by atoms with Gasteiger partial charge in [0, 0.05) is 30.2 Å². The highest BCUT2D eigenvalue weighted by Gasteiger charge is 2.26. The van der Waals surface area contributed by atoms with Crippen LogP contribution in [0, 0.1) is 11.8 Å². The largest absolute Gasteiger partial charge is 0.348 e. The number of aromatic nitrogens is 2. The molecule has 41 heavy (non-hydrogen) atoms. The predicted molar refractivity (Wildman–Crippen MR) is 160 cm³/mol. The number of carbonyl (C=O) groups excluding carboxylic acids is 2. The van der Waals surface area contributed by atoms with Crippen molar-refractivity contribution in [3.63, 3.8) is 0 Å². The summed E-state index contributed by atoms with van der Waals surface area (Å²) in [5.41, 5.74) is 1.42. The van der Waals surface area contributed by atoms with Gasteiger partial charge in [-0.25, -0.2) is 4.79 Å². The maximum Gasteiger partial charge on any atom is 0.332 e. The first kappa shape index (κ1) is 28.4. The topological polar surface area (TPSA) is 93.4 Å². The molecule has 2 heterocycles. The number of likely N-dealkylation sites (tertiary alicyclic amines) is 1. The summed E-state index contributed by atoms with van der Waals surface area (Å²) in [6.07, 6.45) is 1.07. The molecule has 9 heteroatoms. The number of nitrogens with one attached hydrogen (secondary N) is 1. The monoisotopic (exact) mass is 572 g/mol. The van der Waals surface area contributed by atoms with Crippen molar-refractivity contribution in [2.45, 2.75) is 39.9 Å². The highest BCUT2D eigenvalue weighted by atomic mass is 35.5. The summed E-state index contributed by atoms with van der Waals surface area (Å²) in [5.74, 6) is 0.396. The second kappa shape index (κ2) is 12.1. The fraction of sp³-hybridized carbons (Fsp3) is 0.312. The van der Waals surface area contributed by atoms with Crippen LogP contribution in [0.1, 0.15) is 41.8 Å². The smallest absolute Gasteiger partial charge is 0.332 e. The molecule has 0 unspecified atom stereocenters. The van der Waals surface area contributed by atoms with E-state index in [4.69, 9.17) is 11.6 Å². The molecule has 1 aliphatic rings. The van der Waals surface area contributed by atoms with Gasteiger partial charge in [-0.1, -0.05) is 67.9 Å². The van der Waals surface area contributed by atoms with Gasteiger partial charge in [-0.2, -0.15) is 0 Å². The number of piperidine rings is 1.